The van der Waals surface area contributed by atoms with Crippen LogP contribution in [0.5, 0.6) is 5.75 Å². The monoisotopic (exact) mass is 434 g/mol. The van der Waals surface area contributed by atoms with Crippen LogP contribution in [0.2, 0.25) is 0 Å². The van der Waals surface area contributed by atoms with Crippen LogP contribution in [0.4, 0.5) is 0 Å². The number of ether oxygens (including phenoxy) is 4. The van der Waals surface area contributed by atoms with Crippen molar-refractivity contribution in [2.24, 2.45) is 0 Å². The van der Waals surface area contributed by atoms with E-state index in [1.54, 1.807) is 21.3 Å². The molecule has 8 nitrogen and oxygen atoms in total. The van der Waals surface area contributed by atoms with Crippen molar-refractivity contribution in [1.82, 2.24) is 9.80 Å². The molecule has 2 rings (SSSR count). The Kier molecular flexibility index (Phi) is 10.5. The lowest BCUT2D eigenvalue weighted by molar-refractivity contribution is -0.137. The molecule has 1 aliphatic rings. The summed E-state index contributed by atoms with van der Waals surface area (Å²) in [5.41, 5.74) is 1.47. The van der Waals surface area contributed by atoms with Crippen molar-refractivity contribution in [2.75, 3.05) is 67.4 Å². The largest absolute Gasteiger partial charge is 0.494 e. The fraction of sp³-hybridized carbons (Fsp3) is 0.565. The Morgan fingerprint density at radius 2 is 1.45 bits per heavy atom. The van der Waals surface area contributed by atoms with Gasteiger partial charge in [0, 0.05) is 47.6 Å². The van der Waals surface area contributed by atoms with E-state index >= 15 is 0 Å². The third-order valence-electron chi connectivity index (χ3n) is 4.94. The fourth-order valence-electron chi connectivity index (χ4n) is 3.36. The van der Waals surface area contributed by atoms with E-state index in [0.29, 0.717) is 69.3 Å². The van der Waals surface area contributed by atoms with E-state index in [1.165, 1.54) is 4.90 Å². The van der Waals surface area contributed by atoms with Crippen LogP contribution in [0.3, 0.4) is 0 Å². The molecule has 0 fully saturated rings. The predicted molar refractivity (Wildman–Crippen MR) is 118 cm³/mol. The number of amides is 2. The Hall–Kier alpha value is -2.42. The number of hydrogen-bond donors (Lipinski definition) is 0. The van der Waals surface area contributed by atoms with Gasteiger partial charge in [-0.15, -0.1) is 0 Å². The first kappa shape index (κ1) is 24.8. The highest BCUT2D eigenvalue weighted by Gasteiger charge is 2.41. The van der Waals surface area contributed by atoms with E-state index in [2.05, 4.69) is 0 Å². The van der Waals surface area contributed by atoms with Gasteiger partial charge in [-0.05, 0) is 30.5 Å². The Labute approximate surface area is 184 Å². The van der Waals surface area contributed by atoms with Crippen LogP contribution >= 0.6 is 0 Å². The number of rotatable bonds is 15. The minimum absolute atomic E-state index is 0.293. The number of hydrogen-bond acceptors (Lipinski definition) is 7. The summed E-state index contributed by atoms with van der Waals surface area (Å²) in [6.45, 7) is 5.25. The van der Waals surface area contributed by atoms with Gasteiger partial charge in [-0.1, -0.05) is 19.1 Å². The Morgan fingerprint density at radius 3 is 2.00 bits per heavy atom. The lowest BCUT2D eigenvalue weighted by Gasteiger charge is -2.25. The quantitative estimate of drug-likeness (QED) is 0.309. The fourth-order valence-corrected chi connectivity index (χ4v) is 3.36. The first-order valence-corrected chi connectivity index (χ1v) is 10.6. The lowest BCUT2D eigenvalue weighted by Crippen LogP contribution is -2.38. The number of nitrogens with zero attached hydrogens (tertiary/aromatic N) is 2. The van der Waals surface area contributed by atoms with Gasteiger partial charge in [0.25, 0.3) is 11.8 Å². The van der Waals surface area contributed by atoms with Crippen LogP contribution in [0.1, 0.15) is 25.3 Å². The maximum atomic E-state index is 13.3. The minimum atomic E-state index is -0.297. The van der Waals surface area contributed by atoms with Crippen LogP contribution in [-0.4, -0.2) is 89.0 Å². The van der Waals surface area contributed by atoms with Gasteiger partial charge >= 0.3 is 0 Å². The van der Waals surface area contributed by atoms with Crippen LogP contribution in [-0.2, 0) is 23.8 Å². The van der Waals surface area contributed by atoms with Crippen molar-refractivity contribution in [2.45, 2.75) is 19.8 Å². The zero-order valence-corrected chi connectivity index (χ0v) is 19.0. The molecule has 31 heavy (non-hydrogen) atoms. The Bertz CT molecular complexity index is 739. The predicted octanol–water partition coefficient (Wildman–Crippen LogP) is 2.19. The van der Waals surface area contributed by atoms with Crippen molar-refractivity contribution in [3.8, 4) is 5.75 Å². The molecule has 0 spiro atoms. The van der Waals surface area contributed by atoms with Gasteiger partial charge in [-0.2, -0.15) is 0 Å². The summed E-state index contributed by atoms with van der Waals surface area (Å²) in [6.07, 6.45) is 1.49. The Balaban J connectivity index is 2.42. The molecule has 1 aromatic rings. The van der Waals surface area contributed by atoms with E-state index in [0.717, 1.165) is 12.2 Å². The van der Waals surface area contributed by atoms with E-state index in [-0.39, 0.29) is 11.8 Å². The third kappa shape index (κ3) is 6.53. The summed E-state index contributed by atoms with van der Waals surface area (Å²) in [7, 11) is 4.82. The first-order valence-electron chi connectivity index (χ1n) is 10.6. The topological polar surface area (TPSA) is 77.5 Å². The van der Waals surface area contributed by atoms with Crippen LogP contribution in [0, 0.1) is 0 Å². The smallest absolute Gasteiger partial charge is 0.277 e. The summed E-state index contributed by atoms with van der Waals surface area (Å²) in [5.74, 6) is 0.143. The summed E-state index contributed by atoms with van der Waals surface area (Å²) < 4.78 is 21.2. The van der Waals surface area contributed by atoms with E-state index in [1.807, 2.05) is 36.1 Å². The molecule has 0 bridgehead atoms. The van der Waals surface area contributed by atoms with Crippen molar-refractivity contribution >= 4 is 17.4 Å². The zero-order chi connectivity index (χ0) is 22.6. The molecular weight excluding hydrogens is 400 g/mol. The van der Waals surface area contributed by atoms with Crippen LogP contribution in [0.15, 0.2) is 30.0 Å². The van der Waals surface area contributed by atoms with Gasteiger partial charge in [0.2, 0.25) is 0 Å². The van der Waals surface area contributed by atoms with Gasteiger partial charge in [-0.25, -0.2) is 0 Å². The second-order valence-corrected chi connectivity index (χ2v) is 7.18. The van der Waals surface area contributed by atoms with Crippen LogP contribution in [0.25, 0.3) is 5.57 Å². The van der Waals surface area contributed by atoms with E-state index < -0.39 is 0 Å². The molecule has 172 valence electrons. The molecule has 0 saturated heterocycles. The molecule has 0 aliphatic carbocycles. The maximum absolute atomic E-state index is 13.3. The van der Waals surface area contributed by atoms with Crippen molar-refractivity contribution in [1.29, 1.82) is 0 Å². The molecule has 0 radical (unpaired) electrons. The summed E-state index contributed by atoms with van der Waals surface area (Å²) in [5, 5.41) is 0. The summed E-state index contributed by atoms with van der Waals surface area (Å²) in [6, 6.07) is 7.31. The number of carbonyl (C=O) groups is 2. The second-order valence-electron chi connectivity index (χ2n) is 7.18. The maximum Gasteiger partial charge on any atom is 0.277 e. The number of methoxy groups -OCH3 is 3. The zero-order valence-electron chi connectivity index (χ0n) is 19.0. The highest BCUT2D eigenvalue weighted by Crippen LogP contribution is 2.32. The highest BCUT2D eigenvalue weighted by molar-refractivity contribution is 6.35. The molecule has 0 aromatic heterocycles. The lowest BCUT2D eigenvalue weighted by atomic mass is 10.0. The SMILES string of the molecule is CCCOc1ccc(C2=C(N(CCOC)CCOC)C(=O)N(CCCOC)C2=O)cc1. The number of imide groups is 1. The van der Waals surface area contributed by atoms with Gasteiger partial charge in [0.05, 0.1) is 25.4 Å². The molecule has 0 atom stereocenters. The van der Waals surface area contributed by atoms with Gasteiger partial charge in [-0.3, -0.25) is 14.5 Å². The molecule has 0 unspecified atom stereocenters. The average molecular weight is 435 g/mol. The van der Waals surface area contributed by atoms with Gasteiger partial charge in [0.15, 0.2) is 0 Å². The normalized spacial score (nSPS) is 14.0. The molecule has 1 aliphatic heterocycles. The van der Waals surface area contributed by atoms with Gasteiger partial charge in [0.1, 0.15) is 11.4 Å². The molecule has 1 heterocycles. The van der Waals surface area contributed by atoms with Crippen molar-refractivity contribution in [3.63, 3.8) is 0 Å². The van der Waals surface area contributed by atoms with Crippen molar-refractivity contribution in [3.05, 3.63) is 35.5 Å². The van der Waals surface area contributed by atoms with Gasteiger partial charge < -0.3 is 23.8 Å². The number of carbonyl (C=O) groups excluding carboxylic acids is 2. The second kappa shape index (κ2) is 13.1. The molecule has 2 amide bonds. The first-order chi connectivity index (χ1) is 15.1. The third-order valence-corrected chi connectivity index (χ3v) is 4.94. The number of benzene rings is 1. The van der Waals surface area contributed by atoms with E-state index in [4.69, 9.17) is 18.9 Å². The molecule has 0 saturated carbocycles. The molecule has 1 aromatic carbocycles. The van der Waals surface area contributed by atoms with Crippen molar-refractivity contribution < 1.29 is 28.5 Å². The highest BCUT2D eigenvalue weighted by atomic mass is 16.5. The summed E-state index contributed by atoms with van der Waals surface area (Å²) >= 11 is 0. The Morgan fingerprint density at radius 1 is 0.839 bits per heavy atom. The molecular formula is C23H34N2O6. The minimum Gasteiger partial charge on any atom is -0.494 e. The summed E-state index contributed by atoms with van der Waals surface area (Å²) in [4.78, 5) is 29.8. The molecule has 0 N–H and O–H groups in total. The van der Waals surface area contributed by atoms with Crippen LogP contribution < -0.4 is 4.74 Å². The van der Waals surface area contributed by atoms with E-state index in [9.17, 15) is 9.59 Å². The average Bonchev–Trinajstić information content (AvgIpc) is 3.03. The molecule has 8 heteroatoms. The standard InChI is InChI=1S/C23H34N2O6/c1-5-14-31-19-9-7-18(8-10-19)20-21(24(12-16-29-3)13-17-30-4)23(27)25(22(20)26)11-6-15-28-2/h7-10H,5-6,11-17H2,1-4H3.